The van der Waals surface area contributed by atoms with Crippen molar-refractivity contribution in [1.82, 2.24) is 9.38 Å². The lowest BCUT2D eigenvalue weighted by Crippen LogP contribution is -2.14. The third-order valence-corrected chi connectivity index (χ3v) is 1.99. The first kappa shape index (κ1) is 8.07. The number of hydrogen-bond donors (Lipinski definition) is 1. The number of aromatic hydroxyl groups is 1. The van der Waals surface area contributed by atoms with Gasteiger partial charge >= 0.3 is 0 Å². The molecule has 2 aromatic heterocycles. The van der Waals surface area contributed by atoms with Gasteiger partial charge in [0, 0.05) is 6.20 Å². The van der Waals surface area contributed by atoms with E-state index in [4.69, 9.17) is 16.7 Å². The van der Waals surface area contributed by atoms with Crippen molar-refractivity contribution in [3.05, 3.63) is 39.8 Å². The molecule has 1 N–H and O–H groups in total. The van der Waals surface area contributed by atoms with Gasteiger partial charge in [-0.25, -0.2) is 0 Å². The Hall–Kier alpha value is -1.55. The second kappa shape index (κ2) is 2.74. The summed E-state index contributed by atoms with van der Waals surface area (Å²) in [5.41, 5.74) is -0.0980. The first-order valence-electron chi connectivity index (χ1n) is 3.56. The van der Waals surface area contributed by atoms with E-state index in [-0.39, 0.29) is 5.02 Å². The molecule has 0 atom stereocenters. The first-order chi connectivity index (χ1) is 6.20. The van der Waals surface area contributed by atoms with Crippen molar-refractivity contribution in [3.8, 4) is 5.88 Å². The fourth-order valence-corrected chi connectivity index (χ4v) is 1.19. The Morgan fingerprint density at radius 2 is 2.23 bits per heavy atom. The summed E-state index contributed by atoms with van der Waals surface area (Å²) in [6.07, 6.45) is 1.54. The van der Waals surface area contributed by atoms with E-state index in [9.17, 15) is 4.79 Å². The number of rotatable bonds is 0. The molecule has 0 saturated carbocycles. The van der Waals surface area contributed by atoms with Crippen molar-refractivity contribution in [2.75, 3.05) is 0 Å². The summed E-state index contributed by atoms with van der Waals surface area (Å²) in [6.45, 7) is 0. The van der Waals surface area contributed by atoms with E-state index in [1.165, 1.54) is 10.6 Å². The second-order valence-electron chi connectivity index (χ2n) is 2.48. The Balaban J connectivity index is 3.03. The molecule has 0 spiro atoms. The van der Waals surface area contributed by atoms with Crippen LogP contribution in [0.5, 0.6) is 5.88 Å². The summed E-state index contributed by atoms with van der Waals surface area (Å²) in [7, 11) is 0. The zero-order valence-electron chi connectivity index (χ0n) is 6.44. The standard InChI is InChI=1S/C8H5ClN2O2/c9-6-7(12)10-5-3-1-2-4-11(5)8(6)13/h1-4,12H. The third-order valence-electron chi connectivity index (χ3n) is 1.66. The van der Waals surface area contributed by atoms with Crippen LogP contribution in [0.15, 0.2) is 29.2 Å². The normalized spacial score (nSPS) is 10.5. The summed E-state index contributed by atoms with van der Waals surface area (Å²) in [6, 6.07) is 5.01. The van der Waals surface area contributed by atoms with Crippen LogP contribution in [-0.2, 0) is 0 Å². The number of nitrogens with zero attached hydrogens (tertiary/aromatic N) is 2. The van der Waals surface area contributed by atoms with Crippen molar-refractivity contribution in [3.63, 3.8) is 0 Å². The van der Waals surface area contributed by atoms with Gasteiger partial charge in [-0.2, -0.15) is 4.98 Å². The van der Waals surface area contributed by atoms with Gasteiger partial charge in [0.25, 0.3) is 5.56 Å². The fourth-order valence-electron chi connectivity index (χ4n) is 1.06. The maximum absolute atomic E-state index is 11.4. The maximum Gasteiger partial charge on any atom is 0.280 e. The largest absolute Gasteiger partial charge is 0.492 e. The van der Waals surface area contributed by atoms with E-state index >= 15 is 0 Å². The van der Waals surface area contributed by atoms with Crippen LogP contribution in [0.1, 0.15) is 0 Å². The summed E-state index contributed by atoms with van der Waals surface area (Å²) in [4.78, 5) is 15.1. The molecule has 2 rings (SSSR count). The van der Waals surface area contributed by atoms with Crippen LogP contribution in [0.25, 0.3) is 5.65 Å². The van der Waals surface area contributed by atoms with Crippen LogP contribution in [0.3, 0.4) is 0 Å². The average Bonchev–Trinajstić information content (AvgIpc) is 2.15. The van der Waals surface area contributed by atoms with E-state index in [0.717, 1.165) is 0 Å². The lowest BCUT2D eigenvalue weighted by molar-refractivity contribution is 0.453. The molecule has 0 amide bonds. The SMILES string of the molecule is O=c1c(Cl)c(O)nc2ccccn12. The van der Waals surface area contributed by atoms with E-state index in [1.54, 1.807) is 18.2 Å². The Morgan fingerprint density at radius 1 is 1.46 bits per heavy atom. The highest BCUT2D eigenvalue weighted by molar-refractivity contribution is 6.31. The molecule has 0 aromatic carbocycles. The summed E-state index contributed by atoms with van der Waals surface area (Å²) in [5.74, 6) is -0.433. The molecule has 0 aliphatic heterocycles. The highest BCUT2D eigenvalue weighted by atomic mass is 35.5. The quantitative estimate of drug-likeness (QED) is 0.685. The minimum Gasteiger partial charge on any atom is -0.492 e. The molecule has 0 bridgehead atoms. The van der Waals surface area contributed by atoms with Crippen LogP contribution in [-0.4, -0.2) is 14.5 Å². The minimum absolute atomic E-state index is 0.260. The van der Waals surface area contributed by atoms with E-state index < -0.39 is 11.4 Å². The van der Waals surface area contributed by atoms with Gasteiger partial charge < -0.3 is 5.11 Å². The number of pyridine rings is 1. The molecule has 5 heteroatoms. The van der Waals surface area contributed by atoms with E-state index in [0.29, 0.717) is 5.65 Å². The molecule has 2 heterocycles. The van der Waals surface area contributed by atoms with Gasteiger partial charge in [-0.15, -0.1) is 0 Å². The highest BCUT2D eigenvalue weighted by Crippen LogP contribution is 2.15. The van der Waals surface area contributed by atoms with Gasteiger partial charge in [0.05, 0.1) is 0 Å². The lowest BCUT2D eigenvalue weighted by atomic mass is 10.4. The fraction of sp³-hybridized carbons (Fsp3) is 0. The molecule has 0 fully saturated rings. The van der Waals surface area contributed by atoms with Crippen LogP contribution in [0, 0.1) is 0 Å². The van der Waals surface area contributed by atoms with Crippen LogP contribution < -0.4 is 5.56 Å². The molecular weight excluding hydrogens is 192 g/mol. The smallest absolute Gasteiger partial charge is 0.280 e. The number of halogens is 1. The van der Waals surface area contributed by atoms with Crippen LogP contribution in [0.2, 0.25) is 5.02 Å². The zero-order chi connectivity index (χ0) is 9.42. The molecular formula is C8H5ClN2O2. The predicted octanol–water partition coefficient (Wildman–Crippen LogP) is 1.05. The van der Waals surface area contributed by atoms with Crippen molar-refractivity contribution in [2.45, 2.75) is 0 Å². The number of hydrogen-bond acceptors (Lipinski definition) is 3. The van der Waals surface area contributed by atoms with Gasteiger partial charge in [0.2, 0.25) is 5.88 Å². The van der Waals surface area contributed by atoms with Crippen LogP contribution in [0.4, 0.5) is 0 Å². The zero-order valence-corrected chi connectivity index (χ0v) is 7.19. The maximum atomic E-state index is 11.4. The van der Waals surface area contributed by atoms with Crippen molar-refractivity contribution in [2.24, 2.45) is 0 Å². The molecule has 2 aromatic rings. The first-order valence-corrected chi connectivity index (χ1v) is 3.94. The lowest BCUT2D eigenvalue weighted by Gasteiger charge is -2.00. The Morgan fingerprint density at radius 3 is 3.00 bits per heavy atom. The van der Waals surface area contributed by atoms with Gasteiger partial charge in [0.15, 0.2) is 5.02 Å². The topological polar surface area (TPSA) is 54.6 Å². The summed E-state index contributed by atoms with van der Waals surface area (Å²) < 4.78 is 1.27. The molecule has 66 valence electrons. The molecule has 0 saturated heterocycles. The molecule has 0 radical (unpaired) electrons. The predicted molar refractivity (Wildman–Crippen MR) is 48.1 cm³/mol. The third kappa shape index (κ3) is 1.15. The molecule has 0 unspecified atom stereocenters. The van der Waals surface area contributed by atoms with Gasteiger partial charge in [0.1, 0.15) is 5.65 Å². The van der Waals surface area contributed by atoms with Crippen molar-refractivity contribution < 1.29 is 5.11 Å². The van der Waals surface area contributed by atoms with E-state index in [1.807, 2.05) is 0 Å². The summed E-state index contributed by atoms with van der Waals surface area (Å²) >= 11 is 5.51. The molecule has 0 aliphatic rings. The van der Waals surface area contributed by atoms with E-state index in [2.05, 4.69) is 4.98 Å². The van der Waals surface area contributed by atoms with Gasteiger partial charge in [-0.1, -0.05) is 17.7 Å². The summed E-state index contributed by atoms with van der Waals surface area (Å²) in [5, 5.41) is 8.88. The van der Waals surface area contributed by atoms with Gasteiger partial charge in [-0.3, -0.25) is 9.20 Å². The molecule has 4 nitrogen and oxygen atoms in total. The Kier molecular flexibility index (Phi) is 1.70. The van der Waals surface area contributed by atoms with Crippen molar-refractivity contribution >= 4 is 17.2 Å². The highest BCUT2D eigenvalue weighted by Gasteiger charge is 2.07. The molecule has 0 aliphatic carbocycles. The minimum atomic E-state index is -0.468. The van der Waals surface area contributed by atoms with Gasteiger partial charge in [-0.05, 0) is 12.1 Å². The average molecular weight is 197 g/mol. The number of aromatic nitrogens is 2. The van der Waals surface area contributed by atoms with Crippen LogP contribution >= 0.6 is 11.6 Å². The molecule has 13 heavy (non-hydrogen) atoms. The van der Waals surface area contributed by atoms with Crippen molar-refractivity contribution in [1.29, 1.82) is 0 Å². The Labute approximate surface area is 78.0 Å². The Bertz CT molecular complexity index is 521. The second-order valence-corrected chi connectivity index (χ2v) is 2.86. The number of fused-ring (bicyclic) bond motifs is 1. The monoisotopic (exact) mass is 196 g/mol.